The fourth-order valence-electron chi connectivity index (χ4n) is 3.65. The molecule has 2 aromatic heterocycles. The van der Waals surface area contributed by atoms with Gasteiger partial charge in [0, 0.05) is 25.8 Å². The Hall–Kier alpha value is -2.44. The van der Waals surface area contributed by atoms with Crippen LogP contribution in [0.5, 0.6) is 0 Å². The van der Waals surface area contributed by atoms with Gasteiger partial charge in [-0.1, -0.05) is 44.2 Å². The van der Waals surface area contributed by atoms with E-state index < -0.39 is 0 Å². The van der Waals surface area contributed by atoms with Gasteiger partial charge in [0.2, 0.25) is 5.89 Å². The molecule has 6 heteroatoms. The first-order valence-corrected chi connectivity index (χ1v) is 9.89. The first-order chi connectivity index (χ1) is 13.5. The van der Waals surface area contributed by atoms with Gasteiger partial charge in [-0.3, -0.25) is 4.90 Å². The average Bonchev–Trinajstić information content (AvgIpc) is 3.29. The minimum atomic E-state index is 0.0558. The van der Waals surface area contributed by atoms with Crippen LogP contribution in [0.4, 0.5) is 0 Å². The quantitative estimate of drug-likeness (QED) is 0.670. The lowest BCUT2D eigenvalue weighted by Gasteiger charge is -2.39. The molecule has 148 valence electrons. The van der Waals surface area contributed by atoms with Crippen LogP contribution in [0.2, 0.25) is 0 Å². The van der Waals surface area contributed by atoms with E-state index in [1.807, 2.05) is 19.2 Å². The normalized spacial score (nSPS) is 20.8. The molecule has 0 aliphatic carbocycles. The second-order valence-corrected chi connectivity index (χ2v) is 7.93. The van der Waals surface area contributed by atoms with Crippen molar-refractivity contribution < 1.29 is 9.15 Å². The molecule has 0 unspecified atom stereocenters. The van der Waals surface area contributed by atoms with Crippen LogP contribution in [0.15, 0.2) is 46.9 Å². The van der Waals surface area contributed by atoms with E-state index in [1.165, 1.54) is 5.56 Å². The predicted molar refractivity (Wildman–Crippen MR) is 108 cm³/mol. The van der Waals surface area contributed by atoms with Gasteiger partial charge in [-0.25, -0.2) is 0 Å². The van der Waals surface area contributed by atoms with Crippen LogP contribution in [0, 0.1) is 12.8 Å². The van der Waals surface area contributed by atoms with Gasteiger partial charge >= 0.3 is 0 Å². The largest absolute Gasteiger partial charge is 0.418 e. The SMILES string of the molecule is Cc1ccc(-c2nnc(CN3C[C@@H](c4ccccc4)O[C@@H](C(C)C)C3)o2)n1C. The Kier molecular flexibility index (Phi) is 5.33. The van der Waals surface area contributed by atoms with Gasteiger partial charge in [-0.15, -0.1) is 10.2 Å². The van der Waals surface area contributed by atoms with E-state index in [4.69, 9.17) is 9.15 Å². The van der Waals surface area contributed by atoms with Crippen molar-refractivity contribution >= 4 is 0 Å². The second-order valence-electron chi connectivity index (χ2n) is 7.93. The number of aryl methyl sites for hydroxylation is 1. The molecule has 2 atom stereocenters. The number of aromatic nitrogens is 3. The van der Waals surface area contributed by atoms with Crippen molar-refractivity contribution in [2.24, 2.45) is 13.0 Å². The molecule has 0 saturated carbocycles. The van der Waals surface area contributed by atoms with Gasteiger partial charge in [0.05, 0.1) is 18.8 Å². The molecule has 6 nitrogen and oxygen atoms in total. The van der Waals surface area contributed by atoms with Gasteiger partial charge in [0.15, 0.2) is 0 Å². The first kappa shape index (κ1) is 18.9. The Morgan fingerprint density at radius 1 is 1.07 bits per heavy atom. The maximum atomic E-state index is 6.38. The maximum Gasteiger partial charge on any atom is 0.264 e. The number of ether oxygens (including phenoxy) is 1. The Bertz CT molecular complexity index is 916. The number of nitrogens with zero attached hydrogens (tertiary/aromatic N) is 4. The topological polar surface area (TPSA) is 56.3 Å². The third-order valence-corrected chi connectivity index (χ3v) is 5.53. The zero-order chi connectivity index (χ0) is 19.7. The molecular weight excluding hydrogens is 352 g/mol. The van der Waals surface area contributed by atoms with Crippen LogP contribution in [-0.2, 0) is 18.3 Å². The highest BCUT2D eigenvalue weighted by molar-refractivity contribution is 5.48. The highest BCUT2D eigenvalue weighted by atomic mass is 16.5. The molecule has 28 heavy (non-hydrogen) atoms. The lowest BCUT2D eigenvalue weighted by Crippen LogP contribution is -2.45. The van der Waals surface area contributed by atoms with E-state index in [1.54, 1.807) is 0 Å². The van der Waals surface area contributed by atoms with E-state index in [0.29, 0.717) is 24.2 Å². The van der Waals surface area contributed by atoms with Gasteiger partial charge in [-0.2, -0.15) is 0 Å². The summed E-state index contributed by atoms with van der Waals surface area (Å²) in [5.74, 6) is 1.66. The molecule has 1 aliphatic rings. The van der Waals surface area contributed by atoms with Crippen LogP contribution < -0.4 is 0 Å². The maximum absolute atomic E-state index is 6.38. The molecule has 0 spiro atoms. The summed E-state index contributed by atoms with van der Waals surface area (Å²) in [6.45, 7) is 8.78. The summed E-state index contributed by atoms with van der Waals surface area (Å²) in [7, 11) is 2.01. The molecule has 1 aliphatic heterocycles. The lowest BCUT2D eigenvalue weighted by molar-refractivity contribution is -0.109. The van der Waals surface area contributed by atoms with Crippen LogP contribution in [0.1, 0.15) is 37.1 Å². The summed E-state index contributed by atoms with van der Waals surface area (Å²) >= 11 is 0. The monoisotopic (exact) mass is 380 g/mol. The van der Waals surface area contributed by atoms with Crippen LogP contribution in [0.3, 0.4) is 0 Å². The van der Waals surface area contributed by atoms with E-state index in [9.17, 15) is 0 Å². The van der Waals surface area contributed by atoms with E-state index in [-0.39, 0.29) is 12.2 Å². The molecule has 0 amide bonds. The smallest absolute Gasteiger partial charge is 0.264 e. The summed E-state index contributed by atoms with van der Waals surface area (Å²) in [6.07, 6.45) is 0.233. The molecule has 1 fully saturated rings. The molecule has 3 aromatic rings. The van der Waals surface area contributed by atoms with Crippen LogP contribution in [0.25, 0.3) is 11.6 Å². The lowest BCUT2D eigenvalue weighted by atomic mass is 10.0. The van der Waals surface area contributed by atoms with Crippen molar-refractivity contribution in [3.05, 3.63) is 59.6 Å². The van der Waals surface area contributed by atoms with Crippen LogP contribution in [-0.4, -0.2) is 38.9 Å². The number of hydrogen-bond donors (Lipinski definition) is 0. The average molecular weight is 380 g/mol. The van der Waals surface area contributed by atoms with Crippen molar-refractivity contribution in [1.29, 1.82) is 0 Å². The number of morpholine rings is 1. The Labute approximate surface area is 166 Å². The van der Waals surface area contributed by atoms with Crippen molar-refractivity contribution in [3.8, 4) is 11.6 Å². The standard InChI is InChI=1S/C22H28N4O2/c1-15(2)19-12-26(13-20(27-19)17-8-6-5-7-9-17)14-21-23-24-22(28-21)18-11-10-16(3)25(18)4/h5-11,15,19-20H,12-14H2,1-4H3/t19-,20+/m1/s1. The van der Waals surface area contributed by atoms with Crippen LogP contribution >= 0.6 is 0 Å². The van der Waals surface area contributed by atoms with Crippen molar-refractivity contribution in [2.45, 2.75) is 39.5 Å². The highest BCUT2D eigenvalue weighted by Crippen LogP contribution is 2.29. The molecule has 3 heterocycles. The number of rotatable bonds is 5. The van der Waals surface area contributed by atoms with E-state index in [2.05, 4.69) is 70.8 Å². The van der Waals surface area contributed by atoms with E-state index in [0.717, 1.165) is 24.5 Å². The summed E-state index contributed by atoms with van der Waals surface area (Å²) in [6, 6.07) is 14.5. The van der Waals surface area contributed by atoms with Crippen molar-refractivity contribution in [3.63, 3.8) is 0 Å². The number of benzene rings is 1. The van der Waals surface area contributed by atoms with Crippen molar-refractivity contribution in [1.82, 2.24) is 19.7 Å². The summed E-state index contributed by atoms with van der Waals surface area (Å²) in [4.78, 5) is 2.36. The van der Waals surface area contributed by atoms with Gasteiger partial charge in [0.25, 0.3) is 5.89 Å². The first-order valence-electron chi connectivity index (χ1n) is 9.89. The zero-order valence-electron chi connectivity index (χ0n) is 17.0. The minimum absolute atomic E-state index is 0.0558. The van der Waals surface area contributed by atoms with E-state index >= 15 is 0 Å². The summed E-state index contributed by atoms with van der Waals surface area (Å²) in [5, 5.41) is 8.55. The molecular formula is C22H28N4O2. The Balaban J connectivity index is 1.51. The fourth-order valence-corrected chi connectivity index (χ4v) is 3.65. The highest BCUT2D eigenvalue weighted by Gasteiger charge is 2.31. The molecule has 0 N–H and O–H groups in total. The van der Waals surface area contributed by atoms with Gasteiger partial charge in [0.1, 0.15) is 5.69 Å². The Morgan fingerprint density at radius 3 is 2.54 bits per heavy atom. The summed E-state index contributed by atoms with van der Waals surface area (Å²) in [5.41, 5.74) is 3.32. The molecule has 1 saturated heterocycles. The summed E-state index contributed by atoms with van der Waals surface area (Å²) < 4.78 is 14.4. The molecule has 0 bridgehead atoms. The fraction of sp³-hybridized carbons (Fsp3) is 0.455. The predicted octanol–water partition coefficient (Wildman–Crippen LogP) is 3.98. The van der Waals surface area contributed by atoms with Gasteiger partial charge < -0.3 is 13.7 Å². The Morgan fingerprint density at radius 2 is 1.86 bits per heavy atom. The minimum Gasteiger partial charge on any atom is -0.418 e. The third-order valence-electron chi connectivity index (χ3n) is 5.53. The second kappa shape index (κ2) is 7.89. The zero-order valence-corrected chi connectivity index (χ0v) is 17.0. The van der Waals surface area contributed by atoms with Crippen molar-refractivity contribution in [2.75, 3.05) is 13.1 Å². The van der Waals surface area contributed by atoms with Gasteiger partial charge in [-0.05, 0) is 30.5 Å². The molecule has 0 radical (unpaired) electrons. The molecule has 4 rings (SSSR count). The third kappa shape index (κ3) is 3.88. The molecule has 1 aromatic carbocycles. The number of hydrogen-bond acceptors (Lipinski definition) is 5.